The van der Waals surface area contributed by atoms with E-state index in [0.717, 1.165) is 13.1 Å². The second kappa shape index (κ2) is 4.79. The molecule has 0 radical (unpaired) electrons. The van der Waals surface area contributed by atoms with Crippen LogP contribution in [0.4, 0.5) is 5.88 Å². The largest absolute Gasteiger partial charge is 0.440 e. The molecule has 0 saturated carbocycles. The number of hydrogen-bond acceptors (Lipinski definition) is 4. The summed E-state index contributed by atoms with van der Waals surface area (Å²) in [5.41, 5.74) is 1.17. The summed E-state index contributed by atoms with van der Waals surface area (Å²) in [5, 5.41) is 0.521. The van der Waals surface area contributed by atoms with E-state index in [2.05, 4.69) is 5.92 Å². The van der Waals surface area contributed by atoms with Gasteiger partial charge in [0.25, 0.3) is 0 Å². The van der Waals surface area contributed by atoms with Crippen molar-refractivity contribution in [2.45, 2.75) is 0 Å². The van der Waals surface area contributed by atoms with Crippen LogP contribution in [0.15, 0.2) is 33.5 Å². The van der Waals surface area contributed by atoms with Crippen molar-refractivity contribution in [2.75, 3.05) is 31.2 Å². The zero-order valence-electron chi connectivity index (χ0n) is 10.4. The summed E-state index contributed by atoms with van der Waals surface area (Å²) in [6.45, 7) is 2.77. The summed E-state index contributed by atoms with van der Waals surface area (Å²) >= 11 is 0. The van der Waals surface area contributed by atoms with Gasteiger partial charge >= 0.3 is 0 Å². The van der Waals surface area contributed by atoms with Gasteiger partial charge in [0.15, 0.2) is 11.3 Å². The van der Waals surface area contributed by atoms with Gasteiger partial charge in [0, 0.05) is 24.7 Å². The Kier molecular flexibility index (Phi) is 2.98. The summed E-state index contributed by atoms with van der Waals surface area (Å²) in [6, 6.07) is 6.72. The van der Waals surface area contributed by atoms with Crippen LogP contribution in [0.25, 0.3) is 11.0 Å². The predicted molar refractivity (Wildman–Crippen MR) is 73.5 cm³/mol. The average molecular weight is 255 g/mol. The highest BCUT2D eigenvalue weighted by atomic mass is 16.5. The number of rotatable bonds is 1. The van der Waals surface area contributed by atoms with E-state index >= 15 is 0 Å². The summed E-state index contributed by atoms with van der Waals surface area (Å²) in [6.07, 6.45) is 5.33. The van der Waals surface area contributed by atoms with Gasteiger partial charge in [-0.25, -0.2) is 0 Å². The molecule has 4 heteroatoms. The number of morpholine rings is 1. The van der Waals surface area contributed by atoms with Gasteiger partial charge in [0.2, 0.25) is 0 Å². The highest BCUT2D eigenvalue weighted by Crippen LogP contribution is 2.20. The van der Waals surface area contributed by atoms with Crippen LogP contribution in [-0.4, -0.2) is 26.3 Å². The van der Waals surface area contributed by atoms with Gasteiger partial charge in [-0.15, -0.1) is 6.42 Å². The van der Waals surface area contributed by atoms with Crippen LogP contribution in [0.1, 0.15) is 5.56 Å². The molecule has 19 heavy (non-hydrogen) atoms. The predicted octanol–water partition coefficient (Wildman–Crippen LogP) is 1.61. The topological polar surface area (TPSA) is 42.7 Å². The second-order valence-electron chi connectivity index (χ2n) is 4.40. The maximum Gasteiger partial charge on any atom is 0.200 e. The summed E-state index contributed by atoms with van der Waals surface area (Å²) in [5.74, 6) is 3.11. The van der Waals surface area contributed by atoms with E-state index in [9.17, 15) is 4.79 Å². The van der Waals surface area contributed by atoms with Crippen molar-refractivity contribution in [2.24, 2.45) is 0 Å². The molecule has 3 rings (SSSR count). The highest BCUT2D eigenvalue weighted by Gasteiger charge is 2.15. The van der Waals surface area contributed by atoms with Gasteiger partial charge in [-0.2, -0.15) is 0 Å². The van der Waals surface area contributed by atoms with Crippen molar-refractivity contribution in [3.63, 3.8) is 0 Å². The van der Waals surface area contributed by atoms with E-state index in [1.165, 1.54) is 6.07 Å². The number of ether oxygens (including phenoxy) is 1. The highest BCUT2D eigenvalue weighted by molar-refractivity contribution is 5.79. The van der Waals surface area contributed by atoms with Crippen molar-refractivity contribution in [1.82, 2.24) is 0 Å². The lowest BCUT2D eigenvalue weighted by Gasteiger charge is -2.27. The molecule has 2 aromatic rings. The lowest BCUT2D eigenvalue weighted by Crippen LogP contribution is -2.36. The third-order valence-electron chi connectivity index (χ3n) is 3.20. The Balaban J connectivity index is 2.09. The number of benzene rings is 1. The Morgan fingerprint density at radius 3 is 2.74 bits per heavy atom. The Morgan fingerprint density at radius 1 is 1.21 bits per heavy atom. The maximum atomic E-state index is 12.1. The summed E-state index contributed by atoms with van der Waals surface area (Å²) in [7, 11) is 0. The quantitative estimate of drug-likeness (QED) is 0.726. The molecule has 0 spiro atoms. The van der Waals surface area contributed by atoms with Crippen LogP contribution < -0.4 is 10.3 Å². The van der Waals surface area contributed by atoms with Gasteiger partial charge in [-0.1, -0.05) is 5.92 Å². The Morgan fingerprint density at radius 2 is 2.00 bits per heavy atom. The molecule has 96 valence electrons. The molecule has 0 N–H and O–H groups in total. The number of hydrogen-bond donors (Lipinski definition) is 0. The Labute approximate surface area is 110 Å². The van der Waals surface area contributed by atoms with Crippen molar-refractivity contribution >= 4 is 16.9 Å². The third kappa shape index (κ3) is 2.20. The maximum absolute atomic E-state index is 12.1. The lowest BCUT2D eigenvalue weighted by atomic mass is 10.1. The van der Waals surface area contributed by atoms with E-state index in [1.807, 2.05) is 4.90 Å². The summed E-state index contributed by atoms with van der Waals surface area (Å²) in [4.78, 5) is 14.1. The molecule has 1 saturated heterocycles. The molecule has 1 aromatic carbocycles. The first-order valence-corrected chi connectivity index (χ1v) is 6.15. The van der Waals surface area contributed by atoms with Crippen LogP contribution in [0, 0.1) is 12.3 Å². The van der Waals surface area contributed by atoms with E-state index in [-0.39, 0.29) is 5.43 Å². The zero-order chi connectivity index (χ0) is 13.2. The SMILES string of the molecule is C#Cc1ccc2oc(N3CCOCC3)cc(=O)c2c1. The first-order chi connectivity index (χ1) is 9.28. The number of anilines is 1. The fraction of sp³-hybridized carbons (Fsp3) is 0.267. The molecule has 0 unspecified atom stereocenters. The van der Waals surface area contributed by atoms with Crippen molar-refractivity contribution in [3.05, 3.63) is 40.1 Å². The molecule has 0 aliphatic carbocycles. The summed E-state index contributed by atoms with van der Waals surface area (Å²) < 4.78 is 11.1. The Hall–Kier alpha value is -2.25. The van der Waals surface area contributed by atoms with Crippen LogP contribution in [0.3, 0.4) is 0 Å². The first-order valence-electron chi connectivity index (χ1n) is 6.15. The number of terminal acetylenes is 1. The van der Waals surface area contributed by atoms with Gasteiger partial charge in [-0.05, 0) is 18.2 Å². The third-order valence-corrected chi connectivity index (χ3v) is 3.20. The standard InChI is InChI=1S/C15H13NO3/c1-2-11-3-4-14-12(9-11)13(17)10-15(19-14)16-5-7-18-8-6-16/h1,3-4,9-10H,5-8H2. The van der Waals surface area contributed by atoms with E-state index in [1.54, 1.807) is 18.2 Å². The molecule has 0 atom stereocenters. The number of fused-ring (bicyclic) bond motifs is 1. The molecule has 0 bridgehead atoms. The van der Waals surface area contributed by atoms with Gasteiger partial charge < -0.3 is 14.1 Å². The van der Waals surface area contributed by atoms with Crippen LogP contribution >= 0.6 is 0 Å². The molecule has 0 amide bonds. The van der Waals surface area contributed by atoms with Gasteiger partial charge in [0.1, 0.15) is 5.58 Å². The molecule has 4 nitrogen and oxygen atoms in total. The monoisotopic (exact) mass is 255 g/mol. The van der Waals surface area contributed by atoms with Gasteiger partial charge in [0.05, 0.1) is 18.6 Å². The number of nitrogens with zero attached hydrogens (tertiary/aromatic N) is 1. The molecule has 1 aliphatic heterocycles. The lowest BCUT2D eigenvalue weighted by molar-refractivity contribution is 0.121. The zero-order valence-corrected chi connectivity index (χ0v) is 10.4. The van der Waals surface area contributed by atoms with Crippen molar-refractivity contribution < 1.29 is 9.15 Å². The first kappa shape index (κ1) is 11.8. The van der Waals surface area contributed by atoms with Crippen LogP contribution in [0.2, 0.25) is 0 Å². The minimum atomic E-state index is -0.0696. The Bertz CT molecular complexity index is 705. The normalized spacial score (nSPS) is 15.4. The van der Waals surface area contributed by atoms with E-state index in [0.29, 0.717) is 35.6 Å². The van der Waals surface area contributed by atoms with Crippen molar-refractivity contribution in [3.8, 4) is 12.3 Å². The minimum absolute atomic E-state index is 0.0696. The van der Waals surface area contributed by atoms with E-state index in [4.69, 9.17) is 15.6 Å². The smallest absolute Gasteiger partial charge is 0.200 e. The van der Waals surface area contributed by atoms with Crippen LogP contribution in [-0.2, 0) is 4.74 Å². The fourth-order valence-corrected chi connectivity index (χ4v) is 2.17. The van der Waals surface area contributed by atoms with Gasteiger partial charge in [-0.3, -0.25) is 4.79 Å². The fourth-order valence-electron chi connectivity index (χ4n) is 2.17. The van der Waals surface area contributed by atoms with Crippen LogP contribution in [0.5, 0.6) is 0 Å². The molecule has 1 aliphatic rings. The second-order valence-corrected chi connectivity index (χ2v) is 4.40. The van der Waals surface area contributed by atoms with E-state index < -0.39 is 0 Å². The molecule has 1 fully saturated rings. The average Bonchev–Trinajstić information content (AvgIpc) is 2.48. The molecule has 2 heterocycles. The molecular formula is C15H13NO3. The minimum Gasteiger partial charge on any atom is -0.440 e. The molecule has 1 aromatic heterocycles. The molecular weight excluding hydrogens is 242 g/mol. The van der Waals surface area contributed by atoms with Crippen molar-refractivity contribution in [1.29, 1.82) is 0 Å².